The van der Waals surface area contributed by atoms with E-state index in [0.29, 0.717) is 10.9 Å². The Balaban J connectivity index is 1.75. The molecular weight excluding hydrogens is 265 g/mol. The first-order chi connectivity index (χ1) is 8.75. The van der Waals surface area contributed by atoms with Gasteiger partial charge in [-0.05, 0) is 35.6 Å². The highest BCUT2D eigenvalue weighted by atomic mass is 35.5. The minimum atomic E-state index is 0.0970. The Hall–Kier alpha value is -1.05. The molecule has 1 heterocycles. The Bertz CT molecular complexity index is 568. The third-order valence-corrected chi connectivity index (χ3v) is 4.40. The quantitative estimate of drug-likeness (QED) is 0.766. The molecular formula is C15H13Cl2N. The van der Waals surface area contributed by atoms with Crippen LogP contribution in [0.4, 0.5) is 0 Å². The Labute approximate surface area is 117 Å². The van der Waals surface area contributed by atoms with Gasteiger partial charge in [-0.25, -0.2) is 0 Å². The fourth-order valence-corrected chi connectivity index (χ4v) is 3.13. The molecule has 2 unspecified atom stereocenters. The maximum absolute atomic E-state index is 6.54. The van der Waals surface area contributed by atoms with Crippen LogP contribution in [0.15, 0.2) is 42.7 Å². The molecule has 0 N–H and O–H groups in total. The van der Waals surface area contributed by atoms with E-state index in [1.54, 1.807) is 12.4 Å². The molecule has 0 spiro atoms. The molecule has 1 nitrogen and oxygen atoms in total. The van der Waals surface area contributed by atoms with Gasteiger partial charge in [0.25, 0.3) is 0 Å². The largest absolute Gasteiger partial charge is 0.263 e. The first kappa shape index (κ1) is 12.0. The minimum absolute atomic E-state index is 0.0970. The van der Waals surface area contributed by atoms with Gasteiger partial charge in [0, 0.05) is 23.7 Å². The lowest BCUT2D eigenvalue weighted by atomic mass is 9.74. The lowest BCUT2D eigenvalue weighted by Gasteiger charge is -2.33. The van der Waals surface area contributed by atoms with Gasteiger partial charge >= 0.3 is 0 Å². The highest BCUT2D eigenvalue weighted by Gasteiger charge is 2.31. The molecule has 0 bridgehead atoms. The van der Waals surface area contributed by atoms with Crippen molar-refractivity contribution in [1.29, 1.82) is 0 Å². The van der Waals surface area contributed by atoms with Gasteiger partial charge in [-0.15, -0.1) is 11.6 Å². The van der Waals surface area contributed by atoms with Crippen molar-refractivity contribution in [3.8, 4) is 0 Å². The van der Waals surface area contributed by atoms with Gasteiger partial charge in [0.15, 0.2) is 0 Å². The summed E-state index contributed by atoms with van der Waals surface area (Å²) in [5, 5.41) is 0.801. The molecule has 1 aliphatic carbocycles. The van der Waals surface area contributed by atoms with Crippen molar-refractivity contribution < 1.29 is 0 Å². The zero-order chi connectivity index (χ0) is 12.5. The maximum Gasteiger partial charge on any atom is 0.0621 e. The van der Waals surface area contributed by atoms with Crippen LogP contribution < -0.4 is 0 Å². The second kappa shape index (κ2) is 4.91. The number of fused-ring (bicyclic) bond motifs is 1. The molecule has 18 heavy (non-hydrogen) atoms. The molecule has 0 fully saturated rings. The van der Waals surface area contributed by atoms with E-state index in [2.05, 4.69) is 29.2 Å². The fourth-order valence-electron chi connectivity index (χ4n) is 2.54. The van der Waals surface area contributed by atoms with Gasteiger partial charge in [0.1, 0.15) is 0 Å². The van der Waals surface area contributed by atoms with Crippen molar-refractivity contribution in [2.24, 2.45) is 0 Å². The van der Waals surface area contributed by atoms with Gasteiger partial charge in [-0.3, -0.25) is 4.98 Å². The molecule has 3 rings (SSSR count). The average molecular weight is 278 g/mol. The van der Waals surface area contributed by atoms with Crippen LogP contribution in [0.1, 0.15) is 22.6 Å². The second-order valence-electron chi connectivity index (χ2n) is 4.70. The lowest BCUT2D eigenvalue weighted by molar-refractivity contribution is 0.567. The van der Waals surface area contributed by atoms with Crippen LogP contribution in [0.3, 0.4) is 0 Å². The molecule has 1 aromatic heterocycles. The van der Waals surface area contributed by atoms with Crippen LogP contribution in [0.25, 0.3) is 0 Å². The van der Waals surface area contributed by atoms with E-state index in [1.165, 1.54) is 11.1 Å². The van der Waals surface area contributed by atoms with Gasteiger partial charge in [0.05, 0.1) is 5.02 Å². The van der Waals surface area contributed by atoms with Crippen molar-refractivity contribution in [3.63, 3.8) is 0 Å². The Morgan fingerprint density at radius 2 is 2.11 bits per heavy atom. The van der Waals surface area contributed by atoms with Crippen molar-refractivity contribution in [1.82, 2.24) is 4.98 Å². The van der Waals surface area contributed by atoms with Crippen LogP contribution in [0, 0.1) is 0 Å². The predicted octanol–water partition coefficient (Wildman–Crippen LogP) is 4.22. The first-order valence-electron chi connectivity index (χ1n) is 6.06. The third-order valence-electron chi connectivity index (χ3n) is 3.60. The topological polar surface area (TPSA) is 12.9 Å². The van der Waals surface area contributed by atoms with E-state index < -0.39 is 0 Å². The van der Waals surface area contributed by atoms with Crippen LogP contribution in [-0.2, 0) is 12.8 Å². The fraction of sp³-hybridized carbons (Fsp3) is 0.267. The number of hydrogen-bond donors (Lipinski definition) is 0. The molecule has 3 heteroatoms. The first-order valence-corrected chi connectivity index (χ1v) is 6.87. The summed E-state index contributed by atoms with van der Waals surface area (Å²) in [6, 6.07) is 10.5. The smallest absolute Gasteiger partial charge is 0.0621 e. The number of pyridine rings is 1. The highest BCUT2D eigenvalue weighted by Crippen LogP contribution is 2.40. The molecule has 2 aromatic rings. The van der Waals surface area contributed by atoms with Crippen LogP contribution in [-0.4, -0.2) is 10.4 Å². The average Bonchev–Trinajstić information content (AvgIpc) is 2.34. The Kier molecular flexibility index (Phi) is 3.27. The number of nitrogens with zero attached hydrogens (tertiary/aromatic N) is 1. The van der Waals surface area contributed by atoms with Crippen molar-refractivity contribution in [2.45, 2.75) is 24.1 Å². The van der Waals surface area contributed by atoms with Crippen LogP contribution in [0.2, 0.25) is 5.02 Å². The van der Waals surface area contributed by atoms with Crippen molar-refractivity contribution >= 4 is 23.2 Å². The third kappa shape index (κ3) is 2.13. The minimum Gasteiger partial charge on any atom is -0.263 e. The molecule has 0 radical (unpaired) electrons. The molecule has 0 saturated carbocycles. The van der Waals surface area contributed by atoms with E-state index in [9.17, 15) is 0 Å². The summed E-state index contributed by atoms with van der Waals surface area (Å²) < 4.78 is 0. The molecule has 92 valence electrons. The zero-order valence-corrected chi connectivity index (χ0v) is 11.3. The number of alkyl halides is 1. The molecule has 0 amide bonds. The predicted molar refractivity (Wildman–Crippen MR) is 75.5 cm³/mol. The Morgan fingerprint density at radius 1 is 1.28 bits per heavy atom. The summed E-state index contributed by atoms with van der Waals surface area (Å²) in [7, 11) is 0. The summed E-state index contributed by atoms with van der Waals surface area (Å²) >= 11 is 12.7. The molecule has 1 aromatic carbocycles. The maximum atomic E-state index is 6.54. The van der Waals surface area contributed by atoms with Crippen molar-refractivity contribution in [3.05, 3.63) is 64.4 Å². The van der Waals surface area contributed by atoms with Crippen LogP contribution >= 0.6 is 23.2 Å². The molecule has 2 atom stereocenters. The normalized spacial score (nSPS) is 18.9. The van der Waals surface area contributed by atoms with E-state index in [-0.39, 0.29) is 5.38 Å². The number of rotatable bonds is 3. The van der Waals surface area contributed by atoms with Gasteiger partial charge in [-0.2, -0.15) is 0 Å². The van der Waals surface area contributed by atoms with Gasteiger partial charge in [-0.1, -0.05) is 35.9 Å². The number of halogens is 2. The highest BCUT2D eigenvalue weighted by molar-refractivity contribution is 6.31. The summed E-state index contributed by atoms with van der Waals surface area (Å²) in [5.74, 6) is 0.451. The Morgan fingerprint density at radius 3 is 2.89 bits per heavy atom. The van der Waals surface area contributed by atoms with E-state index in [4.69, 9.17) is 23.2 Å². The number of aromatic nitrogens is 1. The summed E-state index contributed by atoms with van der Waals surface area (Å²) in [6.45, 7) is 0. The summed E-state index contributed by atoms with van der Waals surface area (Å²) in [4.78, 5) is 3.99. The lowest BCUT2D eigenvalue weighted by Crippen LogP contribution is -2.27. The molecule has 0 aliphatic heterocycles. The molecule has 1 aliphatic rings. The van der Waals surface area contributed by atoms with E-state index in [1.807, 2.05) is 6.07 Å². The molecule has 0 saturated heterocycles. The monoisotopic (exact) mass is 277 g/mol. The summed E-state index contributed by atoms with van der Waals surface area (Å²) in [6.07, 6.45) is 5.31. The standard InChI is InChI=1S/C15H13Cl2N/c16-14(8-11-5-6-18-9-15(11)17)13-7-10-3-1-2-4-12(10)13/h1-6,9,13-14H,7-8H2. The van der Waals surface area contributed by atoms with E-state index >= 15 is 0 Å². The number of benzene rings is 1. The van der Waals surface area contributed by atoms with Gasteiger partial charge in [0.2, 0.25) is 0 Å². The van der Waals surface area contributed by atoms with Crippen molar-refractivity contribution in [2.75, 3.05) is 0 Å². The van der Waals surface area contributed by atoms with Gasteiger partial charge < -0.3 is 0 Å². The van der Waals surface area contributed by atoms with Crippen LogP contribution in [0.5, 0.6) is 0 Å². The number of hydrogen-bond acceptors (Lipinski definition) is 1. The second-order valence-corrected chi connectivity index (χ2v) is 5.66. The summed E-state index contributed by atoms with van der Waals surface area (Å²) in [5.41, 5.74) is 3.90. The van der Waals surface area contributed by atoms with E-state index in [0.717, 1.165) is 18.4 Å². The zero-order valence-electron chi connectivity index (χ0n) is 9.81. The SMILES string of the molecule is Clc1cnccc1CC(Cl)C1Cc2ccccc21.